The third-order valence-corrected chi connectivity index (χ3v) is 3.68. The van der Waals surface area contributed by atoms with Crippen LogP contribution >= 0.6 is 0 Å². The summed E-state index contributed by atoms with van der Waals surface area (Å²) in [4.78, 5) is 12.5. The molecule has 0 atom stereocenters. The van der Waals surface area contributed by atoms with E-state index in [2.05, 4.69) is 0 Å². The highest BCUT2D eigenvalue weighted by molar-refractivity contribution is 5.87. The largest absolute Gasteiger partial charge is 0.496 e. The zero-order valence-corrected chi connectivity index (χ0v) is 12.9. The number of ether oxygens (including phenoxy) is 2. The van der Waals surface area contributed by atoms with Gasteiger partial charge >= 0.3 is 0 Å². The number of pyridine rings is 1. The molecule has 0 aliphatic rings. The van der Waals surface area contributed by atoms with Gasteiger partial charge in [0, 0.05) is 17.3 Å². The number of anilines is 1. The van der Waals surface area contributed by atoms with Gasteiger partial charge in [0.1, 0.15) is 18.1 Å². The summed E-state index contributed by atoms with van der Waals surface area (Å²) in [5.41, 5.74) is 6.27. The fourth-order valence-electron chi connectivity index (χ4n) is 2.47. The molecule has 0 saturated heterocycles. The van der Waals surface area contributed by atoms with Crippen LogP contribution in [0.15, 0.2) is 59.5 Å². The van der Waals surface area contributed by atoms with Crippen molar-refractivity contribution in [1.82, 2.24) is 4.57 Å². The first kappa shape index (κ1) is 15.0. The molecule has 118 valence electrons. The lowest BCUT2D eigenvalue weighted by molar-refractivity contribution is 0.296. The lowest BCUT2D eigenvalue weighted by Crippen LogP contribution is -2.22. The molecule has 0 unspecified atom stereocenters. The highest BCUT2D eigenvalue weighted by atomic mass is 16.5. The van der Waals surface area contributed by atoms with E-state index in [4.69, 9.17) is 15.2 Å². The quantitative estimate of drug-likeness (QED) is 0.736. The van der Waals surface area contributed by atoms with Crippen LogP contribution in [0.4, 0.5) is 5.69 Å². The normalized spacial score (nSPS) is 10.7. The van der Waals surface area contributed by atoms with Crippen LogP contribution in [-0.2, 0) is 6.54 Å². The van der Waals surface area contributed by atoms with Crippen LogP contribution in [0, 0.1) is 0 Å². The Morgan fingerprint density at radius 3 is 2.57 bits per heavy atom. The summed E-state index contributed by atoms with van der Waals surface area (Å²) in [6.45, 7) is 0.871. The first-order valence-corrected chi connectivity index (χ1v) is 7.33. The number of nitrogens with zero attached hydrogens (tertiary/aromatic N) is 1. The van der Waals surface area contributed by atoms with E-state index in [1.54, 1.807) is 36.1 Å². The Kier molecular flexibility index (Phi) is 4.19. The Hall–Kier alpha value is -2.95. The van der Waals surface area contributed by atoms with Crippen molar-refractivity contribution in [2.45, 2.75) is 6.54 Å². The summed E-state index contributed by atoms with van der Waals surface area (Å²) in [7, 11) is 1.60. The van der Waals surface area contributed by atoms with Crippen molar-refractivity contribution in [3.05, 3.63) is 65.1 Å². The number of aromatic nitrogens is 1. The van der Waals surface area contributed by atoms with Crippen LogP contribution in [0.25, 0.3) is 10.8 Å². The van der Waals surface area contributed by atoms with Gasteiger partial charge in [-0.15, -0.1) is 0 Å². The van der Waals surface area contributed by atoms with Crippen LogP contribution < -0.4 is 20.8 Å². The van der Waals surface area contributed by atoms with Gasteiger partial charge in [-0.25, -0.2) is 0 Å². The third kappa shape index (κ3) is 3.13. The van der Waals surface area contributed by atoms with Crippen LogP contribution in [-0.4, -0.2) is 18.3 Å². The van der Waals surface area contributed by atoms with E-state index in [0.717, 1.165) is 11.1 Å². The Bertz CT molecular complexity index is 870. The van der Waals surface area contributed by atoms with Gasteiger partial charge in [-0.1, -0.05) is 6.07 Å². The summed E-state index contributed by atoms with van der Waals surface area (Å²) in [6, 6.07) is 14.5. The lowest BCUT2D eigenvalue weighted by atomic mass is 10.1. The molecule has 23 heavy (non-hydrogen) atoms. The summed E-state index contributed by atoms with van der Waals surface area (Å²) in [6.07, 6.45) is 1.76. The molecule has 0 aliphatic heterocycles. The van der Waals surface area contributed by atoms with Gasteiger partial charge in [0.05, 0.1) is 19.0 Å². The minimum absolute atomic E-state index is 0.0534. The Morgan fingerprint density at radius 1 is 1.04 bits per heavy atom. The number of nitrogen functional groups attached to an aromatic ring is 1. The molecule has 5 heteroatoms. The minimum Gasteiger partial charge on any atom is -0.496 e. The van der Waals surface area contributed by atoms with Gasteiger partial charge in [0.15, 0.2) is 0 Å². The fraction of sp³-hybridized carbons (Fsp3) is 0.167. The highest BCUT2D eigenvalue weighted by Crippen LogP contribution is 2.22. The Balaban J connectivity index is 1.77. The lowest BCUT2D eigenvalue weighted by Gasteiger charge is -2.10. The molecule has 0 bridgehead atoms. The second-order valence-corrected chi connectivity index (χ2v) is 5.15. The molecule has 0 radical (unpaired) electrons. The second-order valence-electron chi connectivity index (χ2n) is 5.15. The number of methoxy groups -OCH3 is 1. The van der Waals surface area contributed by atoms with Gasteiger partial charge in [-0.05, 0) is 42.5 Å². The molecule has 2 aromatic carbocycles. The van der Waals surface area contributed by atoms with Gasteiger partial charge in [0.25, 0.3) is 5.56 Å². The van der Waals surface area contributed by atoms with Gasteiger partial charge in [-0.3, -0.25) is 4.79 Å². The fourth-order valence-corrected chi connectivity index (χ4v) is 2.47. The molecule has 3 aromatic rings. The van der Waals surface area contributed by atoms with Crippen molar-refractivity contribution in [2.75, 3.05) is 19.5 Å². The van der Waals surface area contributed by atoms with Gasteiger partial charge < -0.3 is 19.8 Å². The number of hydrogen-bond acceptors (Lipinski definition) is 4. The van der Waals surface area contributed by atoms with E-state index in [0.29, 0.717) is 30.0 Å². The average Bonchev–Trinajstić information content (AvgIpc) is 2.58. The van der Waals surface area contributed by atoms with Crippen LogP contribution in [0.2, 0.25) is 0 Å². The maximum Gasteiger partial charge on any atom is 0.258 e. The van der Waals surface area contributed by atoms with E-state index in [-0.39, 0.29) is 5.56 Å². The van der Waals surface area contributed by atoms with E-state index in [1.807, 2.05) is 30.3 Å². The molecule has 1 aromatic heterocycles. The SMILES string of the molecule is COc1cccc2c(=O)n(CCOc3ccc(N)cc3)ccc12. The molecule has 0 amide bonds. The molecular formula is C18H18N2O3. The predicted octanol–water partition coefficient (Wildman–Crippen LogP) is 2.67. The van der Waals surface area contributed by atoms with E-state index in [9.17, 15) is 4.79 Å². The van der Waals surface area contributed by atoms with Gasteiger partial charge in [0.2, 0.25) is 0 Å². The topological polar surface area (TPSA) is 66.5 Å². The predicted molar refractivity (Wildman–Crippen MR) is 91.1 cm³/mol. The first-order chi connectivity index (χ1) is 11.2. The maximum atomic E-state index is 12.5. The van der Waals surface area contributed by atoms with E-state index >= 15 is 0 Å². The number of fused-ring (bicyclic) bond motifs is 1. The minimum atomic E-state index is -0.0534. The monoisotopic (exact) mass is 310 g/mol. The van der Waals surface area contributed by atoms with Crippen molar-refractivity contribution in [3.8, 4) is 11.5 Å². The molecule has 3 rings (SSSR count). The Morgan fingerprint density at radius 2 is 1.83 bits per heavy atom. The second kappa shape index (κ2) is 6.44. The van der Waals surface area contributed by atoms with Crippen molar-refractivity contribution in [1.29, 1.82) is 0 Å². The average molecular weight is 310 g/mol. The third-order valence-electron chi connectivity index (χ3n) is 3.68. The molecule has 0 aliphatic carbocycles. The molecule has 1 heterocycles. The maximum absolute atomic E-state index is 12.5. The molecule has 5 nitrogen and oxygen atoms in total. The molecule has 2 N–H and O–H groups in total. The van der Waals surface area contributed by atoms with Gasteiger partial charge in [-0.2, -0.15) is 0 Å². The van der Waals surface area contributed by atoms with Crippen LogP contribution in [0.5, 0.6) is 11.5 Å². The van der Waals surface area contributed by atoms with Crippen molar-refractivity contribution < 1.29 is 9.47 Å². The summed E-state index contributed by atoms with van der Waals surface area (Å²) in [5.74, 6) is 1.43. The standard InChI is InChI=1S/C18H18N2O3/c1-22-17-4-2-3-16-15(17)9-10-20(18(16)21)11-12-23-14-7-5-13(19)6-8-14/h2-10H,11-12,19H2,1H3. The smallest absolute Gasteiger partial charge is 0.258 e. The Labute approximate surface area is 133 Å². The van der Waals surface area contributed by atoms with Crippen LogP contribution in [0.1, 0.15) is 0 Å². The number of hydrogen-bond donors (Lipinski definition) is 1. The number of benzene rings is 2. The highest BCUT2D eigenvalue weighted by Gasteiger charge is 2.06. The zero-order valence-electron chi connectivity index (χ0n) is 12.9. The van der Waals surface area contributed by atoms with E-state index < -0.39 is 0 Å². The summed E-state index contributed by atoms with van der Waals surface area (Å²) < 4.78 is 12.6. The molecule has 0 saturated carbocycles. The van der Waals surface area contributed by atoms with Crippen molar-refractivity contribution in [3.63, 3.8) is 0 Å². The van der Waals surface area contributed by atoms with E-state index in [1.165, 1.54) is 0 Å². The first-order valence-electron chi connectivity index (χ1n) is 7.33. The zero-order chi connectivity index (χ0) is 16.2. The molecule has 0 fully saturated rings. The summed E-state index contributed by atoms with van der Waals surface area (Å²) in [5, 5.41) is 1.45. The summed E-state index contributed by atoms with van der Waals surface area (Å²) >= 11 is 0. The molecular weight excluding hydrogens is 292 g/mol. The van der Waals surface area contributed by atoms with Crippen LogP contribution in [0.3, 0.4) is 0 Å². The number of rotatable bonds is 5. The van der Waals surface area contributed by atoms with Crippen molar-refractivity contribution in [2.24, 2.45) is 0 Å². The van der Waals surface area contributed by atoms with Crippen molar-refractivity contribution >= 4 is 16.5 Å². The number of nitrogens with two attached hydrogens (primary N) is 1. The molecule has 0 spiro atoms.